The van der Waals surface area contributed by atoms with Crippen LogP contribution in [-0.2, 0) is 28.6 Å². The lowest BCUT2D eigenvalue weighted by atomic mass is 10.1. The zero-order valence-electron chi connectivity index (χ0n) is 44.1. The molecule has 0 fully saturated rings. The molecule has 0 saturated carbocycles. The van der Waals surface area contributed by atoms with Gasteiger partial charge in [0.2, 0.25) is 0 Å². The summed E-state index contributed by atoms with van der Waals surface area (Å²) in [6.45, 7) is 6.42. The van der Waals surface area contributed by atoms with Crippen LogP contribution in [-0.4, -0.2) is 37.2 Å². The van der Waals surface area contributed by atoms with Crippen molar-refractivity contribution in [3.05, 3.63) is 109 Å². The molecular weight excluding hydrogens is 841 g/mol. The summed E-state index contributed by atoms with van der Waals surface area (Å²) in [4.78, 5) is 38.1. The summed E-state index contributed by atoms with van der Waals surface area (Å²) in [5, 5.41) is 0. The van der Waals surface area contributed by atoms with Crippen LogP contribution in [0.25, 0.3) is 0 Å². The monoisotopic (exact) mass is 943 g/mol. The third kappa shape index (κ3) is 53.0. The van der Waals surface area contributed by atoms with Crippen molar-refractivity contribution in [1.82, 2.24) is 0 Å². The Hall–Kier alpha value is -3.93. The average molecular weight is 943 g/mol. The number of esters is 3. The molecule has 386 valence electrons. The Morgan fingerprint density at radius 2 is 0.574 bits per heavy atom. The largest absolute Gasteiger partial charge is 0.462 e. The average Bonchev–Trinajstić information content (AvgIpc) is 3.34. The summed E-state index contributed by atoms with van der Waals surface area (Å²) in [5.74, 6) is -0.957. The lowest BCUT2D eigenvalue weighted by Crippen LogP contribution is -2.30. The van der Waals surface area contributed by atoms with Crippen molar-refractivity contribution < 1.29 is 28.6 Å². The standard InChI is InChI=1S/C62H102O6/c1-4-7-10-13-16-19-22-25-27-29-31-33-35-37-40-43-46-49-52-55-61(64)67-58-59(57-66-60(63)54-51-48-45-42-39-24-21-18-15-12-9-6-3)68-62(65)56-53-50-47-44-41-38-36-34-32-30-28-26-23-20-17-14-11-8-5-2/h7,10,16-21,25-28,31-34,37,40,59H,4-6,8-9,11-15,22-24,29-30,35-36,38-39,41-58H2,1-3H3/b10-7-,19-16-,20-17-,21-18-,27-25-,28-26-,33-31-,34-32-,40-37-. The molecule has 0 amide bonds. The molecule has 6 heteroatoms. The molecule has 0 spiro atoms. The molecule has 0 aromatic carbocycles. The summed E-state index contributed by atoms with van der Waals surface area (Å²) in [6.07, 6.45) is 75.0. The number of ether oxygens (including phenoxy) is 3. The van der Waals surface area contributed by atoms with Gasteiger partial charge < -0.3 is 14.2 Å². The fraction of sp³-hybridized carbons (Fsp3) is 0.661. The minimum Gasteiger partial charge on any atom is -0.462 e. The van der Waals surface area contributed by atoms with E-state index in [4.69, 9.17) is 14.2 Å². The molecule has 0 N–H and O–H groups in total. The predicted molar refractivity (Wildman–Crippen MR) is 293 cm³/mol. The Balaban J connectivity index is 4.48. The SMILES string of the molecule is CC/C=C\C/C=C\C/C=C\C/C=C\C/C=C\CCCCCC(=O)OCC(COC(=O)CCCCCCC/C=C\CCCCC)OC(=O)CCCCCCCC/C=C\C/C=C\C/C=C\CCCCC. The maximum Gasteiger partial charge on any atom is 0.306 e. The van der Waals surface area contributed by atoms with Crippen LogP contribution in [0.15, 0.2) is 109 Å². The van der Waals surface area contributed by atoms with Gasteiger partial charge in [-0.25, -0.2) is 0 Å². The van der Waals surface area contributed by atoms with Gasteiger partial charge in [-0.3, -0.25) is 14.4 Å². The van der Waals surface area contributed by atoms with E-state index >= 15 is 0 Å². The first-order valence-electron chi connectivity index (χ1n) is 27.9. The van der Waals surface area contributed by atoms with Gasteiger partial charge in [0.15, 0.2) is 6.10 Å². The number of carbonyl (C=O) groups is 3. The quantitative estimate of drug-likeness (QED) is 0.0262. The van der Waals surface area contributed by atoms with Crippen LogP contribution in [0, 0.1) is 0 Å². The second kappa shape index (κ2) is 55.7. The summed E-state index contributed by atoms with van der Waals surface area (Å²) in [7, 11) is 0. The van der Waals surface area contributed by atoms with Gasteiger partial charge in [-0.15, -0.1) is 0 Å². The minimum atomic E-state index is -0.804. The number of allylic oxidation sites excluding steroid dienone is 18. The van der Waals surface area contributed by atoms with Crippen molar-refractivity contribution in [3.8, 4) is 0 Å². The Morgan fingerprint density at radius 3 is 0.926 bits per heavy atom. The first-order valence-corrected chi connectivity index (χ1v) is 27.9. The smallest absolute Gasteiger partial charge is 0.306 e. The molecule has 0 aliphatic heterocycles. The van der Waals surface area contributed by atoms with Gasteiger partial charge in [-0.1, -0.05) is 207 Å². The van der Waals surface area contributed by atoms with Crippen LogP contribution in [0.3, 0.4) is 0 Å². The molecule has 1 unspecified atom stereocenters. The van der Waals surface area contributed by atoms with Gasteiger partial charge in [0, 0.05) is 19.3 Å². The first kappa shape index (κ1) is 64.1. The normalized spacial score (nSPS) is 12.9. The van der Waals surface area contributed by atoms with Gasteiger partial charge in [0.1, 0.15) is 13.2 Å². The van der Waals surface area contributed by atoms with Crippen LogP contribution in [0.4, 0.5) is 0 Å². The van der Waals surface area contributed by atoms with Crippen molar-refractivity contribution in [2.75, 3.05) is 13.2 Å². The molecule has 0 aliphatic carbocycles. The zero-order chi connectivity index (χ0) is 49.3. The van der Waals surface area contributed by atoms with Crippen molar-refractivity contribution in [2.45, 2.75) is 252 Å². The van der Waals surface area contributed by atoms with Gasteiger partial charge in [0.25, 0.3) is 0 Å². The maximum absolute atomic E-state index is 12.8. The van der Waals surface area contributed by atoms with E-state index < -0.39 is 6.10 Å². The second-order valence-corrected chi connectivity index (χ2v) is 18.1. The van der Waals surface area contributed by atoms with Crippen LogP contribution < -0.4 is 0 Å². The highest BCUT2D eigenvalue weighted by atomic mass is 16.6. The molecule has 6 nitrogen and oxygen atoms in total. The summed E-state index contributed by atoms with van der Waals surface area (Å²) < 4.78 is 16.8. The highest BCUT2D eigenvalue weighted by Gasteiger charge is 2.19. The second-order valence-electron chi connectivity index (χ2n) is 18.1. The first-order chi connectivity index (χ1) is 33.5. The molecule has 0 aromatic rings. The molecule has 0 radical (unpaired) electrons. The van der Waals surface area contributed by atoms with E-state index in [-0.39, 0.29) is 31.1 Å². The van der Waals surface area contributed by atoms with Crippen molar-refractivity contribution in [1.29, 1.82) is 0 Å². The molecule has 68 heavy (non-hydrogen) atoms. The van der Waals surface area contributed by atoms with Crippen LogP contribution >= 0.6 is 0 Å². The Labute approximate surface area is 419 Å². The van der Waals surface area contributed by atoms with E-state index in [1.165, 1.54) is 70.6 Å². The van der Waals surface area contributed by atoms with Gasteiger partial charge >= 0.3 is 17.9 Å². The molecule has 0 aliphatic rings. The fourth-order valence-electron chi connectivity index (χ4n) is 7.29. The summed E-state index contributed by atoms with van der Waals surface area (Å²) in [5.41, 5.74) is 0. The minimum absolute atomic E-state index is 0.100. The van der Waals surface area contributed by atoms with Gasteiger partial charge in [-0.05, 0) is 128 Å². The number of hydrogen-bond acceptors (Lipinski definition) is 6. The van der Waals surface area contributed by atoms with Crippen LogP contribution in [0.1, 0.15) is 245 Å². The molecule has 0 aromatic heterocycles. The van der Waals surface area contributed by atoms with Crippen molar-refractivity contribution >= 4 is 17.9 Å². The van der Waals surface area contributed by atoms with Crippen LogP contribution in [0.5, 0.6) is 0 Å². The highest BCUT2D eigenvalue weighted by molar-refractivity contribution is 5.71. The molecule has 0 rings (SSSR count). The Bertz CT molecular complexity index is 1410. The predicted octanol–water partition coefficient (Wildman–Crippen LogP) is 18.7. The number of carbonyl (C=O) groups excluding carboxylic acids is 3. The molecule has 0 saturated heterocycles. The van der Waals surface area contributed by atoms with E-state index in [2.05, 4.69) is 130 Å². The van der Waals surface area contributed by atoms with Gasteiger partial charge in [0.05, 0.1) is 0 Å². The number of rotatable bonds is 49. The van der Waals surface area contributed by atoms with E-state index in [9.17, 15) is 14.4 Å². The zero-order valence-corrected chi connectivity index (χ0v) is 44.1. The third-order valence-corrected chi connectivity index (χ3v) is 11.5. The lowest BCUT2D eigenvalue weighted by molar-refractivity contribution is -0.167. The topological polar surface area (TPSA) is 78.9 Å². The van der Waals surface area contributed by atoms with Crippen molar-refractivity contribution in [3.63, 3.8) is 0 Å². The van der Waals surface area contributed by atoms with E-state index in [0.717, 1.165) is 135 Å². The summed E-state index contributed by atoms with van der Waals surface area (Å²) in [6, 6.07) is 0. The van der Waals surface area contributed by atoms with E-state index in [1.807, 2.05) is 0 Å². The molecular formula is C62H102O6. The lowest BCUT2D eigenvalue weighted by Gasteiger charge is -2.18. The highest BCUT2D eigenvalue weighted by Crippen LogP contribution is 2.13. The number of unbranched alkanes of at least 4 members (excludes halogenated alkanes) is 20. The third-order valence-electron chi connectivity index (χ3n) is 11.5. The summed E-state index contributed by atoms with van der Waals surface area (Å²) >= 11 is 0. The number of hydrogen-bond donors (Lipinski definition) is 0. The molecule has 1 atom stereocenters. The van der Waals surface area contributed by atoms with Gasteiger partial charge in [-0.2, -0.15) is 0 Å². The van der Waals surface area contributed by atoms with Crippen LogP contribution in [0.2, 0.25) is 0 Å². The fourth-order valence-corrected chi connectivity index (χ4v) is 7.29. The van der Waals surface area contributed by atoms with E-state index in [1.54, 1.807) is 0 Å². The van der Waals surface area contributed by atoms with E-state index in [0.29, 0.717) is 19.3 Å². The maximum atomic E-state index is 12.8. The Kier molecular flexibility index (Phi) is 52.4. The Morgan fingerprint density at radius 1 is 0.309 bits per heavy atom. The molecule has 0 heterocycles. The molecule has 0 bridgehead atoms. The van der Waals surface area contributed by atoms with Crippen molar-refractivity contribution in [2.24, 2.45) is 0 Å².